The van der Waals surface area contributed by atoms with E-state index in [4.69, 9.17) is 14.7 Å². The molecule has 23 heavy (non-hydrogen) atoms. The van der Waals surface area contributed by atoms with E-state index in [1.54, 1.807) is 18.5 Å². The van der Waals surface area contributed by atoms with Crippen LogP contribution in [0.25, 0.3) is 0 Å². The summed E-state index contributed by atoms with van der Waals surface area (Å²) in [6.07, 6.45) is 4.26. The zero-order chi connectivity index (χ0) is 16.9. The van der Waals surface area contributed by atoms with Crippen molar-refractivity contribution in [3.05, 3.63) is 41.9 Å². The molecule has 1 heterocycles. The zero-order valence-electron chi connectivity index (χ0n) is 13.4. The van der Waals surface area contributed by atoms with Crippen LogP contribution in [-0.2, 0) is 20.8 Å². The molecule has 0 unspecified atom stereocenters. The van der Waals surface area contributed by atoms with E-state index >= 15 is 0 Å². The second-order valence-electron chi connectivity index (χ2n) is 4.46. The predicted molar refractivity (Wildman–Crippen MR) is 84.8 cm³/mol. The molecule has 0 radical (unpaired) electrons. The largest absolute Gasteiger partial charge is 0.385 e. The number of amides is 1. The highest BCUT2D eigenvalue weighted by atomic mass is 16.7. The summed E-state index contributed by atoms with van der Waals surface area (Å²) >= 11 is 0. The number of nitrogens with zero attached hydrogens (tertiary/aromatic N) is 2. The summed E-state index contributed by atoms with van der Waals surface area (Å²) in [5.74, 6) is -0.451. The third kappa shape index (κ3) is 7.40. The minimum Gasteiger partial charge on any atom is -0.385 e. The number of aromatic nitrogens is 1. The standard InChI is InChI=1S/C16H22N4O3/c1-3-22-15(23-4-2)12-19-11-14(8-17)16(21)20-10-13-6-5-7-18-9-13/h5-7,9,11,15,19H,3-4,10,12H2,1-2H3,(H,20,21)/b14-11-. The van der Waals surface area contributed by atoms with Crippen molar-refractivity contribution < 1.29 is 14.3 Å². The summed E-state index contributed by atoms with van der Waals surface area (Å²) in [6, 6.07) is 5.49. The van der Waals surface area contributed by atoms with Gasteiger partial charge >= 0.3 is 0 Å². The molecule has 1 aromatic rings. The summed E-state index contributed by atoms with van der Waals surface area (Å²) in [4.78, 5) is 15.9. The van der Waals surface area contributed by atoms with E-state index < -0.39 is 12.2 Å². The third-order valence-electron chi connectivity index (χ3n) is 2.78. The van der Waals surface area contributed by atoms with Crippen LogP contribution in [0.3, 0.4) is 0 Å². The van der Waals surface area contributed by atoms with Gasteiger partial charge in [0.1, 0.15) is 11.6 Å². The number of rotatable bonds is 10. The van der Waals surface area contributed by atoms with Crippen LogP contribution in [0.5, 0.6) is 0 Å². The number of nitrogens with one attached hydrogen (secondary N) is 2. The molecule has 0 aliphatic carbocycles. The van der Waals surface area contributed by atoms with Crippen molar-refractivity contribution in [3.63, 3.8) is 0 Å². The van der Waals surface area contributed by atoms with Gasteiger partial charge in [0.15, 0.2) is 6.29 Å². The van der Waals surface area contributed by atoms with E-state index in [0.29, 0.717) is 26.3 Å². The Morgan fingerprint density at radius 2 is 2.17 bits per heavy atom. The minimum atomic E-state index is -0.451. The van der Waals surface area contributed by atoms with Crippen LogP contribution in [0.1, 0.15) is 19.4 Å². The molecular formula is C16H22N4O3. The number of ether oxygens (including phenoxy) is 2. The number of carbonyl (C=O) groups is 1. The van der Waals surface area contributed by atoms with Gasteiger partial charge in [-0.25, -0.2) is 0 Å². The molecule has 0 aliphatic rings. The number of hydrogen-bond donors (Lipinski definition) is 2. The van der Waals surface area contributed by atoms with Crippen molar-refractivity contribution >= 4 is 5.91 Å². The van der Waals surface area contributed by atoms with E-state index in [1.807, 2.05) is 26.0 Å². The van der Waals surface area contributed by atoms with Crippen LogP contribution in [0.4, 0.5) is 0 Å². The lowest BCUT2D eigenvalue weighted by Crippen LogP contribution is -2.30. The Kier molecular flexibility index (Phi) is 9.05. The lowest BCUT2D eigenvalue weighted by molar-refractivity contribution is -0.131. The quantitative estimate of drug-likeness (QED) is 0.381. The highest BCUT2D eigenvalue weighted by molar-refractivity contribution is 5.97. The lowest BCUT2D eigenvalue weighted by Gasteiger charge is -2.16. The maximum atomic E-state index is 11.9. The van der Waals surface area contributed by atoms with Gasteiger partial charge in [0.05, 0.1) is 6.54 Å². The monoisotopic (exact) mass is 318 g/mol. The van der Waals surface area contributed by atoms with Gasteiger partial charge in [0.25, 0.3) is 5.91 Å². The van der Waals surface area contributed by atoms with Crippen molar-refractivity contribution in [2.75, 3.05) is 19.8 Å². The van der Waals surface area contributed by atoms with Gasteiger partial charge in [-0.15, -0.1) is 0 Å². The van der Waals surface area contributed by atoms with Crippen molar-refractivity contribution in [2.24, 2.45) is 0 Å². The Morgan fingerprint density at radius 3 is 2.74 bits per heavy atom. The van der Waals surface area contributed by atoms with Crippen molar-refractivity contribution in [2.45, 2.75) is 26.7 Å². The fraction of sp³-hybridized carbons (Fsp3) is 0.438. The summed E-state index contributed by atoms with van der Waals surface area (Å²) in [6.45, 7) is 5.44. The van der Waals surface area contributed by atoms with E-state index in [2.05, 4.69) is 15.6 Å². The van der Waals surface area contributed by atoms with E-state index in [-0.39, 0.29) is 5.57 Å². The Labute approximate surface area is 136 Å². The normalized spacial score (nSPS) is 11.1. The highest BCUT2D eigenvalue weighted by Gasteiger charge is 2.10. The van der Waals surface area contributed by atoms with Gasteiger partial charge in [0, 0.05) is 38.4 Å². The molecule has 0 bridgehead atoms. The first-order valence-electron chi connectivity index (χ1n) is 7.45. The van der Waals surface area contributed by atoms with Crippen LogP contribution in [-0.4, -0.2) is 36.9 Å². The number of nitriles is 1. The van der Waals surface area contributed by atoms with E-state index in [1.165, 1.54) is 6.20 Å². The van der Waals surface area contributed by atoms with Gasteiger partial charge in [-0.2, -0.15) is 5.26 Å². The molecule has 1 rings (SSSR count). The molecule has 0 fully saturated rings. The molecule has 0 saturated heterocycles. The van der Waals surface area contributed by atoms with Gasteiger partial charge in [0.2, 0.25) is 0 Å². The first-order valence-corrected chi connectivity index (χ1v) is 7.45. The molecule has 0 aromatic carbocycles. The lowest BCUT2D eigenvalue weighted by atomic mass is 10.2. The van der Waals surface area contributed by atoms with Gasteiger partial charge < -0.3 is 20.1 Å². The molecule has 7 nitrogen and oxygen atoms in total. The van der Waals surface area contributed by atoms with Crippen molar-refractivity contribution in [1.82, 2.24) is 15.6 Å². The molecular weight excluding hydrogens is 296 g/mol. The number of hydrogen-bond acceptors (Lipinski definition) is 6. The molecule has 2 N–H and O–H groups in total. The molecule has 124 valence electrons. The molecule has 0 aliphatic heterocycles. The Morgan fingerprint density at radius 1 is 1.43 bits per heavy atom. The topological polar surface area (TPSA) is 96.3 Å². The molecule has 7 heteroatoms. The second kappa shape index (κ2) is 11.2. The summed E-state index contributed by atoms with van der Waals surface area (Å²) in [7, 11) is 0. The SMILES string of the molecule is CCOC(CN/C=C(/C#N)C(=O)NCc1cccnc1)OCC. The molecule has 0 saturated carbocycles. The van der Waals surface area contributed by atoms with Crippen LogP contribution >= 0.6 is 0 Å². The summed E-state index contributed by atoms with van der Waals surface area (Å²) in [5, 5.41) is 14.6. The third-order valence-corrected chi connectivity index (χ3v) is 2.78. The van der Waals surface area contributed by atoms with E-state index in [0.717, 1.165) is 5.56 Å². The predicted octanol–water partition coefficient (Wildman–Crippen LogP) is 1.09. The maximum Gasteiger partial charge on any atom is 0.263 e. The highest BCUT2D eigenvalue weighted by Crippen LogP contribution is 1.98. The van der Waals surface area contributed by atoms with Crippen molar-refractivity contribution in [1.29, 1.82) is 5.26 Å². The smallest absolute Gasteiger partial charge is 0.263 e. The van der Waals surface area contributed by atoms with Crippen LogP contribution in [0.15, 0.2) is 36.3 Å². The van der Waals surface area contributed by atoms with Gasteiger partial charge in [-0.05, 0) is 25.5 Å². The van der Waals surface area contributed by atoms with Crippen LogP contribution in [0.2, 0.25) is 0 Å². The first kappa shape index (κ1) is 18.6. The summed E-state index contributed by atoms with van der Waals surface area (Å²) in [5.41, 5.74) is 0.847. The number of carbonyl (C=O) groups excluding carboxylic acids is 1. The minimum absolute atomic E-state index is 0.0133. The zero-order valence-corrected chi connectivity index (χ0v) is 13.4. The number of pyridine rings is 1. The van der Waals surface area contributed by atoms with Crippen molar-refractivity contribution in [3.8, 4) is 6.07 Å². The Hall–Kier alpha value is -2.43. The summed E-state index contributed by atoms with van der Waals surface area (Å²) < 4.78 is 10.7. The average Bonchev–Trinajstić information content (AvgIpc) is 2.58. The van der Waals surface area contributed by atoms with Crippen LogP contribution < -0.4 is 10.6 Å². The maximum absolute atomic E-state index is 11.9. The first-order chi connectivity index (χ1) is 11.2. The fourth-order valence-corrected chi connectivity index (χ4v) is 1.72. The molecule has 0 spiro atoms. The Balaban J connectivity index is 2.47. The van der Waals surface area contributed by atoms with E-state index in [9.17, 15) is 4.79 Å². The Bertz CT molecular complexity index is 534. The second-order valence-corrected chi connectivity index (χ2v) is 4.46. The molecule has 1 amide bonds. The van der Waals surface area contributed by atoms with Gasteiger partial charge in [-0.1, -0.05) is 6.07 Å². The average molecular weight is 318 g/mol. The molecule has 0 atom stereocenters. The molecule has 1 aromatic heterocycles. The van der Waals surface area contributed by atoms with Crippen LogP contribution in [0, 0.1) is 11.3 Å². The van der Waals surface area contributed by atoms with Gasteiger partial charge in [-0.3, -0.25) is 9.78 Å². The fourth-order valence-electron chi connectivity index (χ4n) is 1.72.